The molecule has 3 heteroatoms. The number of hydrogen-bond donors (Lipinski definition) is 1. The molecular formula is C19H26O3. The number of ether oxygens (including phenoxy) is 1. The molecule has 2 heterocycles. The van der Waals surface area contributed by atoms with Crippen molar-refractivity contribution in [1.82, 2.24) is 0 Å². The van der Waals surface area contributed by atoms with Crippen LogP contribution in [0.25, 0.3) is 0 Å². The van der Waals surface area contributed by atoms with Crippen molar-refractivity contribution in [3.8, 4) is 0 Å². The van der Waals surface area contributed by atoms with Crippen LogP contribution in [0.3, 0.4) is 0 Å². The van der Waals surface area contributed by atoms with Gasteiger partial charge in [0.2, 0.25) is 0 Å². The van der Waals surface area contributed by atoms with Crippen molar-refractivity contribution in [1.29, 1.82) is 0 Å². The number of rotatable bonds is 0. The molecule has 0 aromatic rings. The van der Waals surface area contributed by atoms with Crippen molar-refractivity contribution >= 4 is 5.78 Å². The number of Topliss-reactive ketones (excluding diaryl/α,β-unsaturated/α-hetero) is 1. The van der Waals surface area contributed by atoms with E-state index < -0.39 is 5.79 Å². The van der Waals surface area contributed by atoms with Crippen LogP contribution in [0.1, 0.15) is 58.3 Å². The van der Waals surface area contributed by atoms with Crippen LogP contribution in [0.4, 0.5) is 0 Å². The fraction of sp³-hybridized carbons (Fsp3) is 0.947. The molecule has 22 heavy (non-hydrogen) atoms. The standard InChI is InChI=1S/C19H26O3/c1-17-7-6-13-11(12(17)4-5-15(17)20)3-2-10-8-18(21)9-14-16(22-18)19(10,13)14/h10-14,16,21H,2-9H2,1H3/t10?,11-,12-,13-,14-,16-,17-,18-,19?/m0/s1. The van der Waals surface area contributed by atoms with Crippen LogP contribution >= 0.6 is 0 Å². The van der Waals surface area contributed by atoms with Gasteiger partial charge in [-0.15, -0.1) is 0 Å². The molecule has 2 unspecified atom stereocenters. The molecule has 2 aliphatic heterocycles. The van der Waals surface area contributed by atoms with Gasteiger partial charge in [-0.3, -0.25) is 4.79 Å². The molecule has 7 aliphatic rings. The van der Waals surface area contributed by atoms with E-state index in [9.17, 15) is 9.90 Å². The monoisotopic (exact) mass is 302 g/mol. The highest BCUT2D eigenvalue weighted by Gasteiger charge is 2.83. The van der Waals surface area contributed by atoms with Gasteiger partial charge in [-0.05, 0) is 61.7 Å². The van der Waals surface area contributed by atoms with Crippen molar-refractivity contribution in [3.05, 3.63) is 0 Å². The average Bonchev–Trinajstić information content (AvgIpc) is 2.80. The number of carbonyl (C=O) groups excluding carboxylic acids is 1. The fourth-order valence-electron chi connectivity index (χ4n) is 8.41. The topological polar surface area (TPSA) is 46.5 Å². The van der Waals surface area contributed by atoms with E-state index in [0.717, 1.165) is 43.9 Å². The minimum Gasteiger partial charge on any atom is -0.365 e. The number of carbonyl (C=O) groups is 1. The van der Waals surface area contributed by atoms with Gasteiger partial charge in [0.1, 0.15) is 5.78 Å². The first-order valence-electron chi connectivity index (χ1n) is 9.42. The molecule has 0 amide bonds. The first-order chi connectivity index (χ1) is 10.5. The Hall–Kier alpha value is -0.410. The predicted octanol–water partition coefficient (Wildman–Crippen LogP) is 2.91. The maximum absolute atomic E-state index is 12.4. The SMILES string of the molecule is C[C@]12CC[C@H]3[C@@H](CCC4C[C@@]5(O)C[C@H]6[C@H](O5)C436)[C@@H]1CCC2=O. The van der Waals surface area contributed by atoms with Crippen molar-refractivity contribution < 1.29 is 14.6 Å². The van der Waals surface area contributed by atoms with Gasteiger partial charge in [-0.2, -0.15) is 0 Å². The summed E-state index contributed by atoms with van der Waals surface area (Å²) in [5.41, 5.74) is 0.394. The summed E-state index contributed by atoms with van der Waals surface area (Å²) in [6, 6.07) is 0. The Bertz CT molecular complexity index is 571. The number of aliphatic hydroxyl groups is 1. The third kappa shape index (κ3) is 1.15. The Morgan fingerprint density at radius 2 is 1.95 bits per heavy atom. The van der Waals surface area contributed by atoms with Crippen molar-refractivity contribution in [2.24, 2.45) is 40.4 Å². The molecule has 0 radical (unpaired) electrons. The molecule has 1 spiro atoms. The normalized spacial score (nSPS) is 67.5. The van der Waals surface area contributed by atoms with Gasteiger partial charge < -0.3 is 9.84 Å². The Morgan fingerprint density at radius 3 is 2.73 bits per heavy atom. The summed E-state index contributed by atoms with van der Waals surface area (Å²) in [7, 11) is 0. The van der Waals surface area contributed by atoms with Gasteiger partial charge in [0.05, 0.1) is 6.10 Å². The molecule has 120 valence electrons. The predicted molar refractivity (Wildman–Crippen MR) is 79.8 cm³/mol. The zero-order valence-electron chi connectivity index (χ0n) is 13.4. The van der Waals surface area contributed by atoms with Crippen LogP contribution in [-0.2, 0) is 9.53 Å². The number of fused-ring (bicyclic) bond motifs is 3. The summed E-state index contributed by atoms with van der Waals surface area (Å²) >= 11 is 0. The lowest BCUT2D eigenvalue weighted by atomic mass is 9.48. The molecule has 2 saturated heterocycles. The molecule has 7 fully saturated rings. The van der Waals surface area contributed by atoms with E-state index >= 15 is 0 Å². The molecule has 4 bridgehead atoms. The lowest BCUT2D eigenvalue weighted by Crippen LogP contribution is -2.55. The van der Waals surface area contributed by atoms with Gasteiger partial charge >= 0.3 is 0 Å². The molecule has 1 N–H and O–H groups in total. The van der Waals surface area contributed by atoms with Gasteiger partial charge in [0, 0.05) is 30.1 Å². The smallest absolute Gasteiger partial charge is 0.166 e. The summed E-state index contributed by atoms with van der Waals surface area (Å²) in [5, 5.41) is 10.5. The van der Waals surface area contributed by atoms with E-state index in [1.807, 2.05) is 0 Å². The molecule has 5 aliphatic carbocycles. The van der Waals surface area contributed by atoms with Crippen LogP contribution in [0.2, 0.25) is 0 Å². The first kappa shape index (κ1) is 12.9. The van der Waals surface area contributed by atoms with E-state index in [1.165, 1.54) is 19.3 Å². The molecule has 5 saturated carbocycles. The van der Waals surface area contributed by atoms with E-state index in [-0.39, 0.29) is 5.41 Å². The maximum Gasteiger partial charge on any atom is 0.166 e. The second-order valence-electron chi connectivity index (χ2n) is 9.57. The van der Waals surface area contributed by atoms with E-state index in [2.05, 4.69) is 6.92 Å². The molecule has 0 aromatic carbocycles. The van der Waals surface area contributed by atoms with Crippen LogP contribution in [-0.4, -0.2) is 22.8 Å². The van der Waals surface area contributed by atoms with Crippen LogP contribution < -0.4 is 0 Å². The van der Waals surface area contributed by atoms with Crippen molar-refractivity contribution in [3.63, 3.8) is 0 Å². The highest BCUT2D eigenvalue weighted by molar-refractivity contribution is 5.87. The molecule has 0 aromatic heterocycles. The summed E-state index contributed by atoms with van der Waals surface area (Å²) in [5.74, 6) is 3.25. The lowest BCUT2D eigenvalue weighted by molar-refractivity contribution is -0.269. The number of ketones is 1. The molecule has 7 rings (SSSR count). The van der Waals surface area contributed by atoms with Gasteiger partial charge in [-0.1, -0.05) is 6.92 Å². The Balaban J connectivity index is 1.40. The molecule has 3 nitrogen and oxygen atoms in total. The zero-order valence-corrected chi connectivity index (χ0v) is 13.4. The minimum absolute atomic E-state index is 0.00902. The molecular weight excluding hydrogens is 276 g/mol. The second kappa shape index (κ2) is 3.49. The highest BCUT2D eigenvalue weighted by atomic mass is 16.6. The van der Waals surface area contributed by atoms with Gasteiger partial charge in [0.15, 0.2) is 5.79 Å². The van der Waals surface area contributed by atoms with Crippen molar-refractivity contribution in [2.45, 2.75) is 70.2 Å². The quantitative estimate of drug-likeness (QED) is 0.748. The van der Waals surface area contributed by atoms with Gasteiger partial charge in [-0.25, -0.2) is 0 Å². The summed E-state index contributed by atoms with van der Waals surface area (Å²) in [6.45, 7) is 2.26. The summed E-state index contributed by atoms with van der Waals surface area (Å²) < 4.78 is 6.08. The van der Waals surface area contributed by atoms with E-state index in [0.29, 0.717) is 35.1 Å². The van der Waals surface area contributed by atoms with Gasteiger partial charge in [0.25, 0.3) is 0 Å². The summed E-state index contributed by atoms with van der Waals surface area (Å²) in [4.78, 5) is 12.4. The van der Waals surface area contributed by atoms with E-state index in [1.54, 1.807) is 0 Å². The largest absolute Gasteiger partial charge is 0.365 e. The zero-order chi connectivity index (χ0) is 14.9. The lowest BCUT2D eigenvalue weighted by Gasteiger charge is -2.57. The Morgan fingerprint density at radius 1 is 1.09 bits per heavy atom. The fourth-order valence-corrected chi connectivity index (χ4v) is 8.41. The maximum atomic E-state index is 12.4. The first-order valence-corrected chi connectivity index (χ1v) is 9.42. The Labute approximate surface area is 131 Å². The van der Waals surface area contributed by atoms with Crippen LogP contribution in [0, 0.1) is 40.4 Å². The van der Waals surface area contributed by atoms with E-state index in [4.69, 9.17) is 4.74 Å². The summed E-state index contributed by atoms with van der Waals surface area (Å²) in [6.07, 6.45) is 8.97. The Kier molecular flexibility index (Phi) is 2.05. The third-order valence-electron chi connectivity index (χ3n) is 9.19. The van der Waals surface area contributed by atoms with Crippen LogP contribution in [0.15, 0.2) is 0 Å². The number of hydrogen-bond acceptors (Lipinski definition) is 3. The van der Waals surface area contributed by atoms with Crippen molar-refractivity contribution in [2.75, 3.05) is 0 Å². The molecule has 9 atom stereocenters. The average molecular weight is 302 g/mol. The highest BCUT2D eigenvalue weighted by Crippen LogP contribution is 2.81. The second-order valence-corrected chi connectivity index (χ2v) is 9.57. The van der Waals surface area contributed by atoms with Crippen LogP contribution in [0.5, 0.6) is 0 Å². The third-order valence-corrected chi connectivity index (χ3v) is 9.19. The minimum atomic E-state index is -0.777.